The van der Waals surface area contributed by atoms with E-state index < -0.39 is 0 Å². The summed E-state index contributed by atoms with van der Waals surface area (Å²) in [6, 6.07) is 0. The fourth-order valence-corrected chi connectivity index (χ4v) is 2.10. The summed E-state index contributed by atoms with van der Waals surface area (Å²) in [5.41, 5.74) is 2.90. The van der Waals surface area contributed by atoms with E-state index in [0.29, 0.717) is 13.1 Å². The second kappa shape index (κ2) is 12.1. The summed E-state index contributed by atoms with van der Waals surface area (Å²) in [5.74, 6) is 0.795. The Balaban J connectivity index is 0.00000361. The molecule has 114 valence electrons. The molecule has 0 aromatic carbocycles. The summed E-state index contributed by atoms with van der Waals surface area (Å²) < 4.78 is 5.02. The van der Waals surface area contributed by atoms with Crippen molar-refractivity contribution in [3.05, 3.63) is 28.7 Å². The fraction of sp³-hybridized carbons (Fsp3) is 0.538. The number of methoxy groups -OCH3 is 1. The van der Waals surface area contributed by atoms with Crippen LogP contribution in [0.4, 0.5) is 0 Å². The highest BCUT2D eigenvalue weighted by molar-refractivity contribution is 14.0. The van der Waals surface area contributed by atoms with E-state index in [1.165, 1.54) is 4.88 Å². The van der Waals surface area contributed by atoms with E-state index in [4.69, 9.17) is 4.74 Å². The van der Waals surface area contributed by atoms with Gasteiger partial charge in [-0.25, -0.2) is 9.98 Å². The van der Waals surface area contributed by atoms with Gasteiger partial charge in [0.05, 0.1) is 17.7 Å². The van der Waals surface area contributed by atoms with Crippen molar-refractivity contribution in [2.75, 3.05) is 26.8 Å². The highest BCUT2D eigenvalue weighted by Gasteiger charge is 2.01. The molecule has 0 aliphatic rings. The first-order chi connectivity index (χ1) is 9.27. The number of ether oxygens (including phenoxy) is 1. The van der Waals surface area contributed by atoms with Crippen molar-refractivity contribution < 1.29 is 4.74 Å². The van der Waals surface area contributed by atoms with Crippen LogP contribution in [0, 0.1) is 6.92 Å². The fourth-order valence-electron chi connectivity index (χ4n) is 1.40. The summed E-state index contributed by atoms with van der Waals surface area (Å²) in [4.78, 5) is 9.95. The molecule has 1 rings (SSSR count). The zero-order chi connectivity index (χ0) is 13.9. The van der Waals surface area contributed by atoms with Gasteiger partial charge in [-0.2, -0.15) is 0 Å². The topological polar surface area (TPSA) is 58.5 Å². The van der Waals surface area contributed by atoms with Crippen LogP contribution in [0.15, 0.2) is 23.2 Å². The van der Waals surface area contributed by atoms with Crippen molar-refractivity contribution in [1.82, 2.24) is 15.6 Å². The van der Waals surface area contributed by atoms with Crippen molar-refractivity contribution in [1.29, 1.82) is 0 Å². The predicted molar refractivity (Wildman–Crippen MR) is 96.1 cm³/mol. The summed E-state index contributed by atoms with van der Waals surface area (Å²) in [6.45, 7) is 8.61. The molecule has 1 aromatic rings. The molecule has 20 heavy (non-hydrogen) atoms. The van der Waals surface area contributed by atoms with Gasteiger partial charge in [-0.1, -0.05) is 6.08 Å². The number of aliphatic imine (C=N–C) groups is 1. The number of aryl methyl sites for hydroxylation is 1. The van der Waals surface area contributed by atoms with Crippen LogP contribution in [0.3, 0.4) is 0 Å². The zero-order valence-corrected chi connectivity index (χ0v) is 15.2. The Morgan fingerprint density at radius 3 is 2.95 bits per heavy atom. The largest absolute Gasteiger partial charge is 0.385 e. The summed E-state index contributed by atoms with van der Waals surface area (Å²) >= 11 is 1.63. The van der Waals surface area contributed by atoms with Crippen LogP contribution < -0.4 is 10.6 Å². The third-order valence-corrected chi connectivity index (χ3v) is 3.38. The van der Waals surface area contributed by atoms with Crippen LogP contribution in [0.2, 0.25) is 0 Å². The first-order valence-electron chi connectivity index (χ1n) is 6.29. The van der Waals surface area contributed by atoms with Gasteiger partial charge >= 0.3 is 0 Å². The Labute approximate surface area is 142 Å². The lowest BCUT2D eigenvalue weighted by Crippen LogP contribution is -2.38. The summed E-state index contributed by atoms with van der Waals surface area (Å²) in [6.07, 6.45) is 2.76. The van der Waals surface area contributed by atoms with Crippen molar-refractivity contribution in [3.63, 3.8) is 0 Å². The van der Waals surface area contributed by atoms with Gasteiger partial charge in [0.15, 0.2) is 5.96 Å². The lowest BCUT2D eigenvalue weighted by molar-refractivity contribution is 0.195. The third-order valence-electron chi connectivity index (χ3n) is 2.46. The van der Waals surface area contributed by atoms with Crippen LogP contribution in [0.25, 0.3) is 0 Å². The smallest absolute Gasteiger partial charge is 0.191 e. The Bertz CT molecular complexity index is 409. The molecule has 0 fully saturated rings. The average molecular weight is 410 g/mol. The molecule has 0 aliphatic heterocycles. The number of guanidine groups is 1. The molecule has 0 unspecified atom stereocenters. The molecular weight excluding hydrogens is 387 g/mol. The SMILES string of the molecule is C=CCNC(=NCc1scnc1C)NCCCOC.I. The summed E-state index contributed by atoms with van der Waals surface area (Å²) in [7, 11) is 1.71. The monoisotopic (exact) mass is 410 g/mol. The molecule has 5 nitrogen and oxygen atoms in total. The van der Waals surface area contributed by atoms with Crippen LogP contribution >= 0.6 is 35.3 Å². The van der Waals surface area contributed by atoms with Crippen LogP contribution in [-0.4, -0.2) is 37.7 Å². The zero-order valence-electron chi connectivity index (χ0n) is 12.0. The number of hydrogen-bond donors (Lipinski definition) is 2. The van der Waals surface area contributed by atoms with E-state index in [1.54, 1.807) is 18.4 Å². The molecule has 0 radical (unpaired) electrons. The van der Waals surface area contributed by atoms with E-state index >= 15 is 0 Å². The van der Waals surface area contributed by atoms with Crippen molar-refractivity contribution in [2.45, 2.75) is 19.9 Å². The standard InChI is InChI=1S/C13H22N4OS.HI/c1-4-6-14-13(15-7-5-8-18-3)16-9-12-11(2)17-10-19-12;/h4,10H,1,5-9H2,2-3H3,(H2,14,15,16);1H. The van der Waals surface area contributed by atoms with Gasteiger partial charge in [-0.3, -0.25) is 0 Å². The predicted octanol–water partition coefficient (Wildman–Crippen LogP) is 2.33. The number of hydrogen-bond acceptors (Lipinski definition) is 4. The van der Waals surface area contributed by atoms with Crippen LogP contribution in [-0.2, 0) is 11.3 Å². The van der Waals surface area contributed by atoms with Gasteiger partial charge in [0, 0.05) is 31.7 Å². The first kappa shape index (κ1) is 19.3. The number of rotatable bonds is 8. The van der Waals surface area contributed by atoms with E-state index in [-0.39, 0.29) is 24.0 Å². The molecule has 0 saturated carbocycles. The van der Waals surface area contributed by atoms with E-state index in [9.17, 15) is 0 Å². The second-order valence-electron chi connectivity index (χ2n) is 3.97. The highest BCUT2D eigenvalue weighted by atomic mass is 127. The van der Waals surface area contributed by atoms with Crippen molar-refractivity contribution >= 4 is 41.3 Å². The molecule has 1 aromatic heterocycles. The van der Waals surface area contributed by atoms with Crippen LogP contribution in [0.1, 0.15) is 17.0 Å². The van der Waals surface area contributed by atoms with Gasteiger partial charge in [-0.15, -0.1) is 41.9 Å². The second-order valence-corrected chi connectivity index (χ2v) is 4.91. The average Bonchev–Trinajstić information content (AvgIpc) is 2.82. The molecule has 0 spiro atoms. The molecule has 0 saturated heterocycles. The van der Waals surface area contributed by atoms with E-state index in [0.717, 1.165) is 31.2 Å². The van der Waals surface area contributed by atoms with Gasteiger partial charge in [0.2, 0.25) is 0 Å². The lowest BCUT2D eigenvalue weighted by Gasteiger charge is -2.10. The maximum Gasteiger partial charge on any atom is 0.191 e. The quantitative estimate of drug-likeness (QED) is 0.227. The minimum absolute atomic E-state index is 0. The Hall–Kier alpha value is -0.670. The number of thiazole rings is 1. The van der Waals surface area contributed by atoms with E-state index in [2.05, 4.69) is 27.2 Å². The number of halogens is 1. The molecule has 0 amide bonds. The van der Waals surface area contributed by atoms with Crippen LogP contribution in [0.5, 0.6) is 0 Å². The number of aromatic nitrogens is 1. The summed E-state index contributed by atoms with van der Waals surface area (Å²) in [5, 5.41) is 6.46. The van der Waals surface area contributed by atoms with Crippen molar-refractivity contribution in [3.8, 4) is 0 Å². The molecule has 1 heterocycles. The maximum absolute atomic E-state index is 5.02. The third kappa shape index (κ3) is 7.81. The first-order valence-corrected chi connectivity index (χ1v) is 7.17. The van der Waals surface area contributed by atoms with E-state index in [1.807, 2.05) is 18.5 Å². The molecule has 2 N–H and O–H groups in total. The number of nitrogens with one attached hydrogen (secondary N) is 2. The van der Waals surface area contributed by atoms with Gasteiger partial charge < -0.3 is 15.4 Å². The molecule has 0 atom stereocenters. The van der Waals surface area contributed by atoms with Gasteiger partial charge in [0.1, 0.15) is 0 Å². The van der Waals surface area contributed by atoms with Gasteiger partial charge in [-0.05, 0) is 13.3 Å². The Morgan fingerprint density at radius 2 is 2.35 bits per heavy atom. The Kier molecular flexibility index (Phi) is 11.7. The molecule has 0 bridgehead atoms. The highest BCUT2D eigenvalue weighted by Crippen LogP contribution is 2.12. The number of nitrogens with zero attached hydrogens (tertiary/aromatic N) is 2. The normalized spacial score (nSPS) is 10.8. The molecule has 7 heteroatoms. The molecular formula is C13H23IN4OS. The minimum Gasteiger partial charge on any atom is -0.385 e. The Morgan fingerprint density at radius 1 is 1.55 bits per heavy atom. The maximum atomic E-state index is 5.02. The minimum atomic E-state index is 0. The van der Waals surface area contributed by atoms with Gasteiger partial charge in [0.25, 0.3) is 0 Å². The molecule has 0 aliphatic carbocycles. The lowest BCUT2D eigenvalue weighted by atomic mass is 10.4. The van der Waals surface area contributed by atoms with Crippen molar-refractivity contribution in [2.24, 2.45) is 4.99 Å².